The molecule has 1 aromatic heterocycles. The molecule has 0 saturated carbocycles. The van der Waals surface area contributed by atoms with Crippen molar-refractivity contribution < 1.29 is 4.79 Å². The molecule has 4 heteroatoms. The fraction of sp³-hybridized carbons (Fsp3) is 0.294. The quantitative estimate of drug-likeness (QED) is 0.917. The van der Waals surface area contributed by atoms with Gasteiger partial charge >= 0.3 is 0 Å². The second-order valence-electron chi connectivity index (χ2n) is 5.08. The molecular formula is C17H21N3O. The second kappa shape index (κ2) is 6.88. The lowest BCUT2D eigenvalue weighted by molar-refractivity contribution is 0.0785. The predicted molar refractivity (Wildman–Crippen MR) is 85.4 cm³/mol. The summed E-state index contributed by atoms with van der Waals surface area (Å²) in [6.45, 7) is 5.36. The van der Waals surface area contributed by atoms with E-state index in [9.17, 15) is 4.79 Å². The molecule has 0 spiro atoms. The summed E-state index contributed by atoms with van der Waals surface area (Å²) in [7, 11) is 1.81. The Kier molecular flexibility index (Phi) is 4.93. The molecule has 0 aliphatic carbocycles. The number of benzene rings is 1. The van der Waals surface area contributed by atoms with Crippen molar-refractivity contribution in [1.29, 1.82) is 0 Å². The monoisotopic (exact) mass is 283 g/mol. The smallest absolute Gasteiger partial charge is 0.257 e. The Morgan fingerprint density at radius 3 is 2.62 bits per heavy atom. The number of carbonyl (C=O) groups is 1. The van der Waals surface area contributed by atoms with E-state index in [0.717, 1.165) is 12.1 Å². The molecule has 4 nitrogen and oxygen atoms in total. The van der Waals surface area contributed by atoms with Gasteiger partial charge in [0.2, 0.25) is 0 Å². The average molecular weight is 283 g/mol. The van der Waals surface area contributed by atoms with E-state index in [1.807, 2.05) is 26.1 Å². The highest BCUT2D eigenvalue weighted by atomic mass is 16.2. The van der Waals surface area contributed by atoms with Gasteiger partial charge in [0.15, 0.2) is 0 Å². The maximum absolute atomic E-state index is 12.6. The fourth-order valence-corrected chi connectivity index (χ4v) is 2.13. The van der Waals surface area contributed by atoms with Crippen molar-refractivity contribution >= 4 is 11.7 Å². The zero-order valence-electron chi connectivity index (χ0n) is 12.8. The van der Waals surface area contributed by atoms with Crippen LogP contribution in [0.15, 0.2) is 42.6 Å². The lowest BCUT2D eigenvalue weighted by Gasteiger charge is -2.19. The van der Waals surface area contributed by atoms with Gasteiger partial charge in [-0.2, -0.15) is 0 Å². The summed E-state index contributed by atoms with van der Waals surface area (Å²) < 4.78 is 0. The lowest BCUT2D eigenvalue weighted by Crippen LogP contribution is -2.27. The standard InChI is InChI=1S/C17H21N3O/c1-4-18-16-15(6-5-11-19-16)17(21)20(3)12-14-9-7-13(2)8-10-14/h5-11H,4,12H2,1-3H3,(H,18,19). The van der Waals surface area contributed by atoms with Crippen molar-refractivity contribution in [2.45, 2.75) is 20.4 Å². The van der Waals surface area contributed by atoms with Crippen molar-refractivity contribution in [1.82, 2.24) is 9.88 Å². The molecule has 0 bridgehead atoms. The Hall–Kier alpha value is -2.36. The third-order valence-corrected chi connectivity index (χ3v) is 3.27. The second-order valence-corrected chi connectivity index (χ2v) is 5.08. The average Bonchev–Trinajstić information content (AvgIpc) is 2.50. The number of aromatic nitrogens is 1. The van der Waals surface area contributed by atoms with E-state index in [-0.39, 0.29) is 5.91 Å². The Balaban J connectivity index is 2.13. The molecule has 0 radical (unpaired) electrons. The number of anilines is 1. The van der Waals surface area contributed by atoms with Gasteiger partial charge in [-0.15, -0.1) is 0 Å². The van der Waals surface area contributed by atoms with Crippen LogP contribution in [0.25, 0.3) is 0 Å². The maximum atomic E-state index is 12.6. The van der Waals surface area contributed by atoms with Crippen molar-refractivity contribution in [3.05, 3.63) is 59.3 Å². The molecule has 1 amide bonds. The lowest BCUT2D eigenvalue weighted by atomic mass is 10.1. The minimum Gasteiger partial charge on any atom is -0.370 e. The van der Waals surface area contributed by atoms with Crippen molar-refractivity contribution in [3.8, 4) is 0 Å². The van der Waals surface area contributed by atoms with Gasteiger partial charge < -0.3 is 10.2 Å². The molecule has 21 heavy (non-hydrogen) atoms. The van der Waals surface area contributed by atoms with Crippen LogP contribution < -0.4 is 5.32 Å². The van der Waals surface area contributed by atoms with Crippen LogP contribution in [0.1, 0.15) is 28.4 Å². The molecule has 2 rings (SSSR count). The molecule has 110 valence electrons. The molecule has 0 aliphatic rings. The van der Waals surface area contributed by atoms with Crippen LogP contribution in [0.3, 0.4) is 0 Å². The van der Waals surface area contributed by atoms with E-state index in [2.05, 4.69) is 29.4 Å². The van der Waals surface area contributed by atoms with Gasteiger partial charge in [0.1, 0.15) is 5.82 Å². The first-order chi connectivity index (χ1) is 10.1. The number of rotatable bonds is 5. The highest BCUT2D eigenvalue weighted by Crippen LogP contribution is 2.15. The van der Waals surface area contributed by atoms with Crippen LogP contribution >= 0.6 is 0 Å². The Morgan fingerprint density at radius 1 is 1.24 bits per heavy atom. The highest BCUT2D eigenvalue weighted by Gasteiger charge is 2.16. The molecule has 0 unspecified atom stereocenters. The van der Waals surface area contributed by atoms with E-state index in [1.165, 1.54) is 5.56 Å². The molecule has 1 aromatic carbocycles. The zero-order valence-corrected chi connectivity index (χ0v) is 12.8. The minimum absolute atomic E-state index is 0.0281. The summed E-state index contributed by atoms with van der Waals surface area (Å²) in [6, 6.07) is 11.8. The number of nitrogens with one attached hydrogen (secondary N) is 1. The predicted octanol–water partition coefficient (Wildman–Crippen LogP) is 3.09. The van der Waals surface area contributed by atoms with Crippen LogP contribution in [0.4, 0.5) is 5.82 Å². The van der Waals surface area contributed by atoms with Crippen LogP contribution in [0, 0.1) is 6.92 Å². The van der Waals surface area contributed by atoms with Crippen LogP contribution in [-0.2, 0) is 6.54 Å². The zero-order chi connectivity index (χ0) is 15.2. The maximum Gasteiger partial charge on any atom is 0.257 e. The van der Waals surface area contributed by atoms with Gasteiger partial charge in [0, 0.05) is 26.3 Å². The van der Waals surface area contributed by atoms with Crippen LogP contribution in [0.5, 0.6) is 0 Å². The van der Waals surface area contributed by atoms with Gasteiger partial charge in [0.25, 0.3) is 5.91 Å². The van der Waals surface area contributed by atoms with E-state index in [0.29, 0.717) is 17.9 Å². The SMILES string of the molecule is CCNc1ncccc1C(=O)N(C)Cc1ccc(C)cc1. The van der Waals surface area contributed by atoms with Crippen molar-refractivity contribution in [2.24, 2.45) is 0 Å². The summed E-state index contributed by atoms with van der Waals surface area (Å²) >= 11 is 0. The van der Waals surface area contributed by atoms with Crippen LogP contribution in [0.2, 0.25) is 0 Å². The van der Waals surface area contributed by atoms with Gasteiger partial charge in [-0.05, 0) is 31.5 Å². The van der Waals surface area contributed by atoms with Crippen LogP contribution in [-0.4, -0.2) is 29.4 Å². The molecule has 1 N–H and O–H groups in total. The molecule has 2 aromatic rings. The first-order valence-corrected chi connectivity index (χ1v) is 7.11. The summed E-state index contributed by atoms with van der Waals surface area (Å²) in [6.07, 6.45) is 1.69. The number of nitrogens with zero attached hydrogens (tertiary/aromatic N) is 2. The van der Waals surface area contributed by atoms with Gasteiger partial charge in [0.05, 0.1) is 5.56 Å². The number of amides is 1. The first-order valence-electron chi connectivity index (χ1n) is 7.11. The summed E-state index contributed by atoms with van der Waals surface area (Å²) in [5.74, 6) is 0.611. The van der Waals surface area contributed by atoms with Gasteiger partial charge in [-0.3, -0.25) is 4.79 Å². The summed E-state index contributed by atoms with van der Waals surface area (Å²) in [5, 5.41) is 3.12. The van der Waals surface area contributed by atoms with Gasteiger partial charge in [-0.25, -0.2) is 4.98 Å². The number of pyridine rings is 1. The Bertz CT molecular complexity index is 608. The topological polar surface area (TPSA) is 45.2 Å². The highest BCUT2D eigenvalue weighted by molar-refractivity contribution is 5.98. The third kappa shape index (κ3) is 3.81. The first kappa shape index (κ1) is 15.0. The number of hydrogen-bond donors (Lipinski definition) is 1. The molecule has 0 saturated heterocycles. The normalized spacial score (nSPS) is 10.2. The Labute approximate surface area is 125 Å². The van der Waals surface area contributed by atoms with Crippen molar-refractivity contribution in [2.75, 3.05) is 18.9 Å². The van der Waals surface area contributed by atoms with E-state index < -0.39 is 0 Å². The molecule has 0 aliphatic heterocycles. The number of aryl methyl sites for hydroxylation is 1. The van der Waals surface area contributed by atoms with E-state index in [4.69, 9.17) is 0 Å². The largest absolute Gasteiger partial charge is 0.370 e. The number of carbonyl (C=O) groups excluding carboxylic acids is 1. The molecule has 0 atom stereocenters. The molecule has 0 fully saturated rings. The van der Waals surface area contributed by atoms with E-state index >= 15 is 0 Å². The molecular weight excluding hydrogens is 262 g/mol. The summed E-state index contributed by atoms with van der Waals surface area (Å²) in [4.78, 5) is 18.5. The Morgan fingerprint density at radius 2 is 1.95 bits per heavy atom. The number of hydrogen-bond acceptors (Lipinski definition) is 3. The minimum atomic E-state index is -0.0281. The fourth-order valence-electron chi connectivity index (χ4n) is 2.13. The molecule has 1 heterocycles. The van der Waals surface area contributed by atoms with Crippen molar-refractivity contribution in [3.63, 3.8) is 0 Å². The van der Waals surface area contributed by atoms with E-state index in [1.54, 1.807) is 23.2 Å². The third-order valence-electron chi connectivity index (χ3n) is 3.27. The summed E-state index contributed by atoms with van der Waals surface area (Å²) in [5.41, 5.74) is 2.94. The van der Waals surface area contributed by atoms with Gasteiger partial charge in [-0.1, -0.05) is 29.8 Å².